The van der Waals surface area contributed by atoms with Crippen LogP contribution in [0.5, 0.6) is 0 Å². The number of carbonyl (C=O) groups excluding carboxylic acids is 3. The third kappa shape index (κ3) is 3.21. The number of anilines is 1. The fourth-order valence-corrected chi connectivity index (χ4v) is 2.41. The van der Waals surface area contributed by atoms with Gasteiger partial charge in [0.2, 0.25) is 5.91 Å². The van der Waals surface area contributed by atoms with Gasteiger partial charge in [-0.25, -0.2) is 4.79 Å². The number of imide groups is 1. The molecule has 0 saturated carbocycles. The normalized spacial score (nSPS) is 17.0. The molecule has 1 aliphatic heterocycles. The van der Waals surface area contributed by atoms with Crippen molar-refractivity contribution in [3.63, 3.8) is 0 Å². The molecule has 1 fully saturated rings. The predicted octanol–water partition coefficient (Wildman–Crippen LogP) is 1.92. The Kier molecular flexibility index (Phi) is 4.05. The van der Waals surface area contributed by atoms with E-state index in [1.807, 2.05) is 12.1 Å². The van der Waals surface area contributed by atoms with Gasteiger partial charge >= 0.3 is 6.03 Å². The Morgan fingerprint density at radius 1 is 1.00 bits per heavy atom. The molecular formula is C17H15N3O3. The van der Waals surface area contributed by atoms with Crippen LogP contribution < -0.4 is 10.6 Å². The Morgan fingerprint density at radius 3 is 2.26 bits per heavy atom. The number of nitrogens with zero attached hydrogens (tertiary/aromatic N) is 1. The van der Waals surface area contributed by atoms with Crippen molar-refractivity contribution < 1.29 is 14.4 Å². The average molecular weight is 309 g/mol. The van der Waals surface area contributed by atoms with Crippen LogP contribution in [0.2, 0.25) is 0 Å². The van der Waals surface area contributed by atoms with Crippen molar-refractivity contribution in [2.75, 3.05) is 11.9 Å². The van der Waals surface area contributed by atoms with E-state index in [0.717, 1.165) is 4.90 Å². The van der Waals surface area contributed by atoms with Gasteiger partial charge in [-0.2, -0.15) is 0 Å². The summed E-state index contributed by atoms with van der Waals surface area (Å²) in [5.41, 5.74) is 1.31. The first kappa shape index (κ1) is 14.8. The van der Waals surface area contributed by atoms with Crippen LogP contribution >= 0.6 is 0 Å². The smallest absolute Gasteiger partial charge is 0.325 e. The molecule has 0 aromatic heterocycles. The number of nitrogens with one attached hydrogen (secondary N) is 2. The molecule has 2 aromatic rings. The molecule has 2 aromatic carbocycles. The highest BCUT2D eigenvalue weighted by Crippen LogP contribution is 2.21. The van der Waals surface area contributed by atoms with Crippen LogP contribution in [0.4, 0.5) is 10.5 Å². The Bertz CT molecular complexity index is 731. The van der Waals surface area contributed by atoms with Crippen molar-refractivity contribution in [2.24, 2.45) is 0 Å². The Hall–Kier alpha value is -3.15. The first-order valence-corrected chi connectivity index (χ1v) is 7.17. The molecule has 0 radical (unpaired) electrons. The van der Waals surface area contributed by atoms with E-state index in [4.69, 9.17) is 0 Å². The third-order valence-electron chi connectivity index (χ3n) is 3.52. The van der Waals surface area contributed by atoms with Crippen LogP contribution in [0.3, 0.4) is 0 Å². The zero-order chi connectivity index (χ0) is 16.2. The number of hydrogen-bond acceptors (Lipinski definition) is 3. The molecule has 3 rings (SSSR count). The summed E-state index contributed by atoms with van der Waals surface area (Å²) in [4.78, 5) is 37.3. The van der Waals surface area contributed by atoms with Crippen LogP contribution in [0, 0.1) is 0 Å². The van der Waals surface area contributed by atoms with Crippen molar-refractivity contribution in [1.82, 2.24) is 10.2 Å². The lowest BCUT2D eigenvalue weighted by atomic mass is 10.1. The van der Waals surface area contributed by atoms with Crippen LogP contribution in [0.1, 0.15) is 11.6 Å². The molecule has 2 N–H and O–H groups in total. The van der Waals surface area contributed by atoms with E-state index < -0.39 is 23.9 Å². The van der Waals surface area contributed by atoms with Crippen LogP contribution in [0.25, 0.3) is 0 Å². The largest absolute Gasteiger partial charge is 0.325 e. The van der Waals surface area contributed by atoms with Gasteiger partial charge in [0.25, 0.3) is 5.91 Å². The van der Waals surface area contributed by atoms with E-state index in [0.29, 0.717) is 11.3 Å². The lowest BCUT2D eigenvalue weighted by Crippen LogP contribution is -2.38. The quantitative estimate of drug-likeness (QED) is 0.847. The second kappa shape index (κ2) is 6.31. The minimum Gasteiger partial charge on any atom is -0.325 e. The van der Waals surface area contributed by atoms with E-state index in [1.165, 1.54) is 0 Å². The van der Waals surface area contributed by atoms with E-state index in [2.05, 4.69) is 10.6 Å². The number of rotatable bonds is 4. The van der Waals surface area contributed by atoms with Gasteiger partial charge in [-0.1, -0.05) is 48.5 Å². The number of amides is 4. The highest BCUT2D eigenvalue weighted by atomic mass is 16.2. The molecule has 0 bridgehead atoms. The van der Waals surface area contributed by atoms with Gasteiger partial charge in [-0.15, -0.1) is 0 Å². The molecule has 0 spiro atoms. The minimum absolute atomic E-state index is 0.317. The monoisotopic (exact) mass is 309 g/mol. The Labute approximate surface area is 133 Å². The standard InChI is InChI=1S/C17H15N3O3/c21-14(18-13-9-5-2-6-10-13)11-20-16(22)15(19-17(20)23)12-7-3-1-4-8-12/h1-10,15H,11H2,(H,18,21)(H,19,23). The molecule has 1 unspecified atom stereocenters. The first-order chi connectivity index (χ1) is 11.1. The summed E-state index contributed by atoms with van der Waals surface area (Å²) in [5, 5.41) is 5.25. The van der Waals surface area contributed by atoms with Crippen molar-refractivity contribution in [3.8, 4) is 0 Å². The van der Waals surface area contributed by atoms with E-state index >= 15 is 0 Å². The third-order valence-corrected chi connectivity index (χ3v) is 3.52. The molecular weight excluding hydrogens is 294 g/mol. The molecule has 23 heavy (non-hydrogen) atoms. The van der Waals surface area contributed by atoms with Gasteiger partial charge in [0, 0.05) is 5.69 Å². The summed E-state index contributed by atoms with van der Waals surface area (Å²) < 4.78 is 0. The maximum absolute atomic E-state index is 12.4. The number of hydrogen-bond donors (Lipinski definition) is 2. The van der Waals surface area contributed by atoms with Crippen LogP contribution in [-0.4, -0.2) is 29.3 Å². The van der Waals surface area contributed by atoms with E-state index in [1.54, 1.807) is 48.5 Å². The Balaban J connectivity index is 1.67. The number of carbonyl (C=O) groups is 3. The summed E-state index contributed by atoms with van der Waals surface area (Å²) in [5.74, 6) is -0.849. The molecule has 1 aliphatic rings. The zero-order valence-electron chi connectivity index (χ0n) is 12.2. The molecule has 1 heterocycles. The molecule has 1 atom stereocenters. The van der Waals surface area contributed by atoms with Gasteiger partial charge in [0.15, 0.2) is 0 Å². The van der Waals surface area contributed by atoms with Gasteiger partial charge in [0.1, 0.15) is 12.6 Å². The fourth-order valence-electron chi connectivity index (χ4n) is 2.41. The Morgan fingerprint density at radius 2 is 1.61 bits per heavy atom. The second-order valence-corrected chi connectivity index (χ2v) is 5.13. The SMILES string of the molecule is O=C(CN1C(=O)NC(c2ccccc2)C1=O)Nc1ccccc1. The predicted molar refractivity (Wildman–Crippen MR) is 84.5 cm³/mol. The summed E-state index contributed by atoms with van der Waals surface area (Å²) in [6.07, 6.45) is 0. The maximum atomic E-state index is 12.4. The highest BCUT2D eigenvalue weighted by Gasteiger charge is 2.39. The molecule has 6 nitrogen and oxygen atoms in total. The van der Waals surface area contributed by atoms with Gasteiger partial charge in [-0.3, -0.25) is 14.5 Å². The van der Waals surface area contributed by atoms with Crippen molar-refractivity contribution in [1.29, 1.82) is 0 Å². The molecule has 6 heteroatoms. The van der Waals surface area contributed by atoms with Gasteiger partial charge < -0.3 is 10.6 Å². The van der Waals surface area contributed by atoms with Gasteiger partial charge in [-0.05, 0) is 17.7 Å². The van der Waals surface area contributed by atoms with Crippen molar-refractivity contribution in [2.45, 2.75) is 6.04 Å². The zero-order valence-corrected chi connectivity index (χ0v) is 12.2. The van der Waals surface area contributed by atoms with Crippen molar-refractivity contribution >= 4 is 23.5 Å². The van der Waals surface area contributed by atoms with E-state index in [-0.39, 0.29) is 6.54 Å². The molecule has 0 aliphatic carbocycles. The molecule has 1 saturated heterocycles. The van der Waals surface area contributed by atoms with Crippen LogP contribution in [0.15, 0.2) is 60.7 Å². The van der Waals surface area contributed by atoms with Crippen molar-refractivity contribution in [3.05, 3.63) is 66.2 Å². The average Bonchev–Trinajstić information content (AvgIpc) is 2.85. The summed E-state index contributed by atoms with van der Waals surface area (Å²) >= 11 is 0. The number of urea groups is 1. The van der Waals surface area contributed by atoms with Gasteiger partial charge in [0.05, 0.1) is 0 Å². The summed E-state index contributed by atoms with van der Waals surface area (Å²) in [6.45, 7) is -0.317. The maximum Gasteiger partial charge on any atom is 0.325 e. The van der Waals surface area contributed by atoms with Crippen LogP contribution in [-0.2, 0) is 9.59 Å². The summed E-state index contributed by atoms with van der Waals surface area (Å²) in [6, 6.07) is 16.5. The molecule has 116 valence electrons. The summed E-state index contributed by atoms with van der Waals surface area (Å²) in [7, 11) is 0. The lowest BCUT2D eigenvalue weighted by molar-refractivity contribution is -0.130. The number of para-hydroxylation sites is 1. The second-order valence-electron chi connectivity index (χ2n) is 5.13. The lowest BCUT2D eigenvalue weighted by Gasteiger charge is -2.13. The topological polar surface area (TPSA) is 78.5 Å². The highest BCUT2D eigenvalue weighted by molar-refractivity contribution is 6.08. The minimum atomic E-state index is -0.742. The first-order valence-electron chi connectivity index (χ1n) is 7.17. The molecule has 4 amide bonds. The van der Waals surface area contributed by atoms with E-state index in [9.17, 15) is 14.4 Å². The number of benzene rings is 2. The fraction of sp³-hybridized carbons (Fsp3) is 0.118.